The second-order valence-electron chi connectivity index (χ2n) is 4.28. The zero-order chi connectivity index (χ0) is 14.5. The zero-order valence-corrected chi connectivity index (χ0v) is 11.9. The third-order valence-electron chi connectivity index (χ3n) is 2.80. The molecule has 3 aromatic heterocycles. The molecule has 6 heteroatoms. The molecule has 0 bridgehead atoms. The molecule has 0 atom stereocenters. The molecule has 3 heterocycles. The van der Waals surface area contributed by atoms with Gasteiger partial charge >= 0.3 is 0 Å². The van der Waals surface area contributed by atoms with Gasteiger partial charge in [0.1, 0.15) is 10.7 Å². The van der Waals surface area contributed by atoms with Gasteiger partial charge in [-0.3, -0.25) is 14.8 Å². The van der Waals surface area contributed by atoms with E-state index in [2.05, 4.69) is 20.3 Å². The van der Waals surface area contributed by atoms with Gasteiger partial charge in [0.15, 0.2) is 0 Å². The van der Waals surface area contributed by atoms with Gasteiger partial charge < -0.3 is 5.32 Å². The van der Waals surface area contributed by atoms with Crippen LogP contribution >= 0.6 is 11.3 Å². The summed E-state index contributed by atoms with van der Waals surface area (Å²) in [4.78, 5) is 24.6. The Hall–Kier alpha value is -2.60. The van der Waals surface area contributed by atoms with Crippen LogP contribution in [0.25, 0.3) is 10.6 Å². The lowest BCUT2D eigenvalue weighted by Crippen LogP contribution is -2.23. The molecular weight excluding hydrogens is 284 g/mol. The number of carbonyl (C=O) groups excluding carboxylic acids is 1. The summed E-state index contributed by atoms with van der Waals surface area (Å²) < 4.78 is 0. The number of carbonyl (C=O) groups is 1. The number of hydrogen-bond donors (Lipinski definition) is 1. The van der Waals surface area contributed by atoms with E-state index in [4.69, 9.17) is 0 Å². The molecule has 0 aliphatic heterocycles. The van der Waals surface area contributed by atoms with Crippen LogP contribution in [0, 0.1) is 0 Å². The summed E-state index contributed by atoms with van der Waals surface area (Å²) in [7, 11) is 0. The molecule has 5 nitrogen and oxygen atoms in total. The average Bonchev–Trinajstić information content (AvgIpc) is 3.04. The van der Waals surface area contributed by atoms with Crippen molar-refractivity contribution < 1.29 is 4.79 Å². The summed E-state index contributed by atoms with van der Waals surface area (Å²) in [5, 5.41) is 5.34. The number of rotatable bonds is 4. The zero-order valence-electron chi connectivity index (χ0n) is 11.1. The molecule has 104 valence electrons. The summed E-state index contributed by atoms with van der Waals surface area (Å²) in [5.74, 6) is -0.202. The number of nitrogens with zero attached hydrogens (tertiary/aromatic N) is 3. The van der Waals surface area contributed by atoms with Crippen LogP contribution in [-0.4, -0.2) is 20.9 Å². The fourth-order valence-electron chi connectivity index (χ4n) is 1.76. The highest BCUT2D eigenvalue weighted by Crippen LogP contribution is 2.22. The number of nitrogens with one attached hydrogen (secondary N) is 1. The number of thiazole rings is 1. The van der Waals surface area contributed by atoms with Crippen molar-refractivity contribution in [3.63, 3.8) is 0 Å². The fourth-order valence-corrected chi connectivity index (χ4v) is 2.55. The third kappa shape index (κ3) is 3.29. The molecule has 0 unspecified atom stereocenters. The van der Waals surface area contributed by atoms with Crippen molar-refractivity contribution in [1.29, 1.82) is 0 Å². The topological polar surface area (TPSA) is 67.8 Å². The summed E-state index contributed by atoms with van der Waals surface area (Å²) in [6, 6.07) is 9.35. The number of pyridine rings is 2. The maximum Gasteiger partial charge on any atom is 0.271 e. The molecule has 0 aromatic carbocycles. The van der Waals surface area contributed by atoms with E-state index < -0.39 is 0 Å². The van der Waals surface area contributed by atoms with E-state index in [1.807, 2.05) is 30.3 Å². The molecule has 0 aliphatic carbocycles. The molecule has 1 N–H and O–H groups in total. The summed E-state index contributed by atoms with van der Waals surface area (Å²) in [6.07, 6.45) is 5.14. The molecule has 0 saturated carbocycles. The van der Waals surface area contributed by atoms with Gasteiger partial charge in [-0.15, -0.1) is 11.3 Å². The lowest BCUT2D eigenvalue weighted by atomic mass is 10.3. The van der Waals surface area contributed by atoms with Crippen molar-refractivity contribution in [2.45, 2.75) is 6.54 Å². The summed E-state index contributed by atoms with van der Waals surface area (Å²) >= 11 is 1.43. The molecule has 3 aromatic rings. The molecule has 21 heavy (non-hydrogen) atoms. The number of aromatic nitrogens is 3. The van der Waals surface area contributed by atoms with Crippen LogP contribution in [0.5, 0.6) is 0 Å². The van der Waals surface area contributed by atoms with Gasteiger partial charge in [-0.2, -0.15) is 0 Å². The minimum Gasteiger partial charge on any atom is -0.345 e. The standard InChI is InChI=1S/C15H12N4OS/c20-14(18-9-12-5-1-2-7-17-12)13-10-21-15(19-13)11-4-3-6-16-8-11/h1-8,10H,9H2,(H,18,20). The Morgan fingerprint density at radius 1 is 1.19 bits per heavy atom. The molecule has 0 saturated heterocycles. The van der Waals surface area contributed by atoms with Gasteiger partial charge in [-0.05, 0) is 24.3 Å². The first-order valence-electron chi connectivity index (χ1n) is 6.37. The maximum absolute atomic E-state index is 12.1. The molecule has 0 radical (unpaired) electrons. The van der Waals surface area contributed by atoms with Crippen molar-refractivity contribution in [2.24, 2.45) is 0 Å². The minimum absolute atomic E-state index is 0.202. The molecule has 0 spiro atoms. The highest BCUT2D eigenvalue weighted by atomic mass is 32.1. The van der Waals surface area contributed by atoms with Crippen LogP contribution in [0.1, 0.15) is 16.2 Å². The van der Waals surface area contributed by atoms with E-state index in [0.29, 0.717) is 12.2 Å². The Morgan fingerprint density at radius 3 is 2.90 bits per heavy atom. The Bertz CT molecular complexity index is 728. The average molecular weight is 296 g/mol. The van der Waals surface area contributed by atoms with E-state index in [1.54, 1.807) is 24.0 Å². The van der Waals surface area contributed by atoms with Crippen molar-refractivity contribution in [3.05, 3.63) is 65.7 Å². The second-order valence-corrected chi connectivity index (χ2v) is 5.14. The van der Waals surface area contributed by atoms with Crippen LogP contribution < -0.4 is 5.32 Å². The lowest BCUT2D eigenvalue weighted by molar-refractivity contribution is 0.0946. The number of amides is 1. The van der Waals surface area contributed by atoms with Crippen molar-refractivity contribution in [2.75, 3.05) is 0 Å². The minimum atomic E-state index is -0.202. The second kappa shape index (κ2) is 6.23. The van der Waals surface area contributed by atoms with Crippen molar-refractivity contribution >= 4 is 17.2 Å². The monoisotopic (exact) mass is 296 g/mol. The largest absolute Gasteiger partial charge is 0.345 e. The molecule has 0 fully saturated rings. The van der Waals surface area contributed by atoms with Gasteiger partial charge in [-0.25, -0.2) is 4.98 Å². The van der Waals surface area contributed by atoms with Gasteiger partial charge in [0.05, 0.1) is 12.2 Å². The molecule has 1 amide bonds. The Balaban J connectivity index is 1.67. The Kier molecular flexibility index (Phi) is 3.97. The normalized spacial score (nSPS) is 10.3. The lowest BCUT2D eigenvalue weighted by Gasteiger charge is -2.02. The molecule has 3 rings (SSSR count). The van der Waals surface area contributed by atoms with Gasteiger partial charge in [0.2, 0.25) is 0 Å². The Labute approximate surface area is 125 Å². The van der Waals surface area contributed by atoms with Gasteiger partial charge in [-0.1, -0.05) is 6.07 Å². The highest BCUT2D eigenvalue weighted by Gasteiger charge is 2.11. The SMILES string of the molecule is O=C(NCc1ccccn1)c1csc(-c2cccnc2)n1. The van der Waals surface area contributed by atoms with E-state index >= 15 is 0 Å². The van der Waals surface area contributed by atoms with E-state index in [0.717, 1.165) is 16.3 Å². The van der Waals surface area contributed by atoms with Crippen LogP contribution in [-0.2, 0) is 6.54 Å². The summed E-state index contributed by atoms with van der Waals surface area (Å²) in [5.41, 5.74) is 2.13. The number of hydrogen-bond acceptors (Lipinski definition) is 5. The third-order valence-corrected chi connectivity index (χ3v) is 3.69. The van der Waals surface area contributed by atoms with Gasteiger partial charge in [0, 0.05) is 29.5 Å². The highest BCUT2D eigenvalue weighted by molar-refractivity contribution is 7.13. The van der Waals surface area contributed by atoms with Gasteiger partial charge in [0.25, 0.3) is 5.91 Å². The fraction of sp³-hybridized carbons (Fsp3) is 0.0667. The van der Waals surface area contributed by atoms with Crippen LogP contribution in [0.2, 0.25) is 0 Å². The predicted octanol–water partition coefficient (Wildman–Crippen LogP) is 2.53. The first-order valence-corrected chi connectivity index (χ1v) is 7.25. The predicted molar refractivity (Wildman–Crippen MR) is 80.8 cm³/mol. The first kappa shape index (κ1) is 13.4. The van der Waals surface area contributed by atoms with Crippen LogP contribution in [0.15, 0.2) is 54.3 Å². The Morgan fingerprint density at radius 2 is 2.14 bits per heavy atom. The van der Waals surface area contributed by atoms with Crippen LogP contribution in [0.3, 0.4) is 0 Å². The maximum atomic E-state index is 12.1. The van der Waals surface area contributed by atoms with E-state index in [9.17, 15) is 4.79 Å². The van der Waals surface area contributed by atoms with Crippen molar-refractivity contribution in [3.8, 4) is 10.6 Å². The molecular formula is C15H12N4OS. The molecule has 0 aliphatic rings. The van der Waals surface area contributed by atoms with Crippen molar-refractivity contribution in [1.82, 2.24) is 20.3 Å². The van der Waals surface area contributed by atoms with Crippen LogP contribution in [0.4, 0.5) is 0 Å². The quantitative estimate of drug-likeness (QED) is 0.803. The smallest absolute Gasteiger partial charge is 0.271 e. The van der Waals surface area contributed by atoms with E-state index in [1.165, 1.54) is 11.3 Å². The first-order chi connectivity index (χ1) is 10.3. The van der Waals surface area contributed by atoms with E-state index in [-0.39, 0.29) is 5.91 Å². The summed E-state index contributed by atoms with van der Waals surface area (Å²) in [6.45, 7) is 0.388.